The molecule has 110 valence electrons. The van der Waals surface area contributed by atoms with Gasteiger partial charge in [-0.3, -0.25) is 0 Å². The smallest absolute Gasteiger partial charge is 0.123 e. The molecule has 4 heteroatoms. The zero-order valence-corrected chi connectivity index (χ0v) is 12.8. The lowest BCUT2D eigenvalue weighted by molar-refractivity contribution is 0.259. The van der Waals surface area contributed by atoms with Gasteiger partial charge in [0, 0.05) is 29.2 Å². The minimum atomic E-state index is -0.189. The van der Waals surface area contributed by atoms with Crippen molar-refractivity contribution in [1.82, 2.24) is 5.32 Å². The quantitative estimate of drug-likeness (QED) is 0.852. The van der Waals surface area contributed by atoms with Gasteiger partial charge in [-0.2, -0.15) is 0 Å². The van der Waals surface area contributed by atoms with Gasteiger partial charge in [-0.1, -0.05) is 12.1 Å². The van der Waals surface area contributed by atoms with Crippen molar-refractivity contribution in [2.45, 2.75) is 24.0 Å². The van der Waals surface area contributed by atoms with E-state index in [1.54, 1.807) is 23.9 Å². The summed E-state index contributed by atoms with van der Waals surface area (Å²) in [5.41, 5.74) is 2.26. The first-order chi connectivity index (χ1) is 10.2. The molecule has 1 heterocycles. The minimum Gasteiger partial charge on any atom is -0.489 e. The number of nitrogens with one attached hydrogen (secondary N) is 1. The molecule has 1 atom stereocenters. The van der Waals surface area contributed by atoms with Gasteiger partial charge in [-0.25, -0.2) is 4.39 Å². The molecule has 0 aromatic heterocycles. The van der Waals surface area contributed by atoms with Crippen LogP contribution in [0.4, 0.5) is 4.39 Å². The summed E-state index contributed by atoms with van der Waals surface area (Å²) in [4.78, 5) is 1.24. The highest BCUT2D eigenvalue weighted by Gasteiger charge is 2.23. The van der Waals surface area contributed by atoms with Crippen LogP contribution in [0.2, 0.25) is 0 Å². The number of halogens is 1. The summed E-state index contributed by atoms with van der Waals surface area (Å²) in [6.07, 6.45) is 0.918. The van der Waals surface area contributed by atoms with E-state index < -0.39 is 0 Å². The van der Waals surface area contributed by atoms with Gasteiger partial charge in [0.25, 0.3) is 0 Å². The molecule has 3 rings (SSSR count). The van der Waals surface area contributed by atoms with E-state index in [1.165, 1.54) is 16.5 Å². The van der Waals surface area contributed by atoms with E-state index in [4.69, 9.17) is 4.74 Å². The third-order valence-electron chi connectivity index (χ3n) is 3.50. The number of benzene rings is 2. The molecule has 2 aromatic carbocycles. The fraction of sp³-hybridized carbons (Fsp3) is 0.294. The number of rotatable bonds is 5. The van der Waals surface area contributed by atoms with Crippen LogP contribution in [-0.4, -0.2) is 18.9 Å². The predicted octanol–water partition coefficient (Wildman–Crippen LogP) is 3.64. The van der Waals surface area contributed by atoms with E-state index in [1.807, 2.05) is 7.05 Å². The number of ether oxygens (including phenoxy) is 1. The van der Waals surface area contributed by atoms with Crippen molar-refractivity contribution in [1.29, 1.82) is 0 Å². The Labute approximate surface area is 128 Å². The van der Waals surface area contributed by atoms with Gasteiger partial charge in [0.15, 0.2) is 0 Å². The molecule has 0 amide bonds. The van der Waals surface area contributed by atoms with Crippen LogP contribution in [0.1, 0.15) is 11.1 Å². The highest BCUT2D eigenvalue weighted by atomic mass is 32.2. The highest BCUT2D eigenvalue weighted by molar-refractivity contribution is 7.99. The molecule has 0 bridgehead atoms. The fourth-order valence-electron chi connectivity index (χ4n) is 2.48. The molecule has 0 fully saturated rings. The maximum absolute atomic E-state index is 13.2. The lowest BCUT2D eigenvalue weighted by Gasteiger charge is -2.10. The summed E-state index contributed by atoms with van der Waals surface area (Å²) in [5.74, 6) is 1.51. The van der Waals surface area contributed by atoms with Crippen LogP contribution in [-0.2, 0) is 13.0 Å². The van der Waals surface area contributed by atoms with Crippen molar-refractivity contribution < 1.29 is 9.13 Å². The lowest BCUT2D eigenvalue weighted by atomic mass is 10.1. The molecule has 0 spiro atoms. The third-order valence-corrected chi connectivity index (χ3v) is 4.65. The summed E-state index contributed by atoms with van der Waals surface area (Å²) >= 11 is 1.78. The van der Waals surface area contributed by atoms with E-state index in [0.29, 0.717) is 0 Å². The minimum absolute atomic E-state index is 0.129. The lowest BCUT2D eigenvalue weighted by Crippen LogP contribution is -2.15. The van der Waals surface area contributed by atoms with E-state index in [-0.39, 0.29) is 11.9 Å². The van der Waals surface area contributed by atoms with Crippen molar-refractivity contribution >= 4 is 11.8 Å². The van der Waals surface area contributed by atoms with Gasteiger partial charge in [0.1, 0.15) is 17.7 Å². The Hall–Kier alpha value is -1.52. The van der Waals surface area contributed by atoms with Gasteiger partial charge in [-0.15, -0.1) is 11.8 Å². The molecule has 21 heavy (non-hydrogen) atoms. The topological polar surface area (TPSA) is 21.3 Å². The maximum atomic E-state index is 13.2. The van der Waals surface area contributed by atoms with Gasteiger partial charge in [0.2, 0.25) is 0 Å². The van der Waals surface area contributed by atoms with Crippen LogP contribution in [0, 0.1) is 5.82 Å². The van der Waals surface area contributed by atoms with Crippen LogP contribution in [0.25, 0.3) is 0 Å². The van der Waals surface area contributed by atoms with Crippen molar-refractivity contribution in [2.24, 2.45) is 0 Å². The number of hydrogen-bond donors (Lipinski definition) is 1. The van der Waals surface area contributed by atoms with Crippen LogP contribution in [0.5, 0.6) is 5.75 Å². The maximum Gasteiger partial charge on any atom is 0.123 e. The number of fused-ring (bicyclic) bond motifs is 1. The van der Waals surface area contributed by atoms with Crippen molar-refractivity contribution in [3.05, 3.63) is 59.4 Å². The van der Waals surface area contributed by atoms with Gasteiger partial charge < -0.3 is 10.1 Å². The van der Waals surface area contributed by atoms with Crippen LogP contribution < -0.4 is 10.1 Å². The molecule has 0 aliphatic carbocycles. The number of thioether (sulfide) groups is 1. The summed E-state index contributed by atoms with van der Waals surface area (Å²) in [6.45, 7) is 0.886. The fourth-order valence-corrected chi connectivity index (χ4v) is 3.37. The zero-order valence-electron chi connectivity index (χ0n) is 11.9. The van der Waals surface area contributed by atoms with E-state index >= 15 is 0 Å². The van der Waals surface area contributed by atoms with Crippen LogP contribution >= 0.6 is 11.8 Å². The first-order valence-electron chi connectivity index (χ1n) is 7.06. The Morgan fingerprint density at radius 2 is 2.05 bits per heavy atom. The summed E-state index contributed by atoms with van der Waals surface area (Å²) in [7, 11) is 1.95. The third kappa shape index (κ3) is 3.57. The standard InChI is InChI=1S/C17H18FNOS/c1-19-10-12-2-5-16(6-3-12)21-11-15-9-13-8-14(18)4-7-17(13)20-15/h2-8,15,19H,9-11H2,1H3. The van der Waals surface area contributed by atoms with E-state index in [0.717, 1.165) is 30.0 Å². The number of hydrogen-bond acceptors (Lipinski definition) is 3. The molecule has 2 aromatic rings. The average Bonchev–Trinajstić information content (AvgIpc) is 2.89. The first kappa shape index (κ1) is 14.4. The molecular weight excluding hydrogens is 285 g/mol. The second-order valence-electron chi connectivity index (χ2n) is 5.18. The van der Waals surface area contributed by atoms with Gasteiger partial charge in [-0.05, 0) is 42.9 Å². The van der Waals surface area contributed by atoms with Crippen molar-refractivity contribution in [2.75, 3.05) is 12.8 Å². The molecule has 1 aliphatic rings. The molecular formula is C17H18FNOS. The van der Waals surface area contributed by atoms with Crippen LogP contribution in [0.15, 0.2) is 47.4 Å². The molecule has 1 aliphatic heterocycles. The second-order valence-corrected chi connectivity index (χ2v) is 6.27. The van der Waals surface area contributed by atoms with Gasteiger partial charge in [0.05, 0.1) is 0 Å². The molecule has 0 saturated carbocycles. The van der Waals surface area contributed by atoms with Crippen molar-refractivity contribution in [3.63, 3.8) is 0 Å². The molecule has 2 nitrogen and oxygen atoms in total. The predicted molar refractivity (Wildman–Crippen MR) is 84.4 cm³/mol. The molecule has 0 saturated heterocycles. The monoisotopic (exact) mass is 303 g/mol. The van der Waals surface area contributed by atoms with Gasteiger partial charge >= 0.3 is 0 Å². The summed E-state index contributed by atoms with van der Waals surface area (Å²) < 4.78 is 19.0. The highest BCUT2D eigenvalue weighted by Crippen LogP contribution is 2.32. The van der Waals surface area contributed by atoms with Crippen molar-refractivity contribution in [3.8, 4) is 5.75 Å². The second kappa shape index (κ2) is 6.50. The zero-order chi connectivity index (χ0) is 14.7. The molecule has 0 radical (unpaired) electrons. The first-order valence-corrected chi connectivity index (χ1v) is 8.04. The Balaban J connectivity index is 1.55. The Morgan fingerprint density at radius 1 is 1.24 bits per heavy atom. The normalized spacial score (nSPS) is 16.6. The summed E-state index contributed by atoms with van der Waals surface area (Å²) in [5, 5.41) is 3.14. The SMILES string of the molecule is CNCc1ccc(SCC2Cc3cc(F)ccc3O2)cc1. The Morgan fingerprint density at radius 3 is 2.81 bits per heavy atom. The van der Waals surface area contributed by atoms with E-state index in [2.05, 4.69) is 29.6 Å². The Bertz CT molecular complexity index is 615. The molecule has 1 unspecified atom stereocenters. The van der Waals surface area contributed by atoms with Crippen LogP contribution in [0.3, 0.4) is 0 Å². The largest absolute Gasteiger partial charge is 0.489 e. The van der Waals surface area contributed by atoms with E-state index in [9.17, 15) is 4.39 Å². The molecule has 1 N–H and O–H groups in total. The summed E-state index contributed by atoms with van der Waals surface area (Å²) in [6, 6.07) is 13.3. The Kier molecular flexibility index (Phi) is 4.46. The average molecular weight is 303 g/mol.